The van der Waals surface area contributed by atoms with E-state index in [1.165, 1.54) is 0 Å². The maximum atomic E-state index is 10.4. The number of aliphatic hydroxyl groups is 8. The largest absolute Gasteiger partial charge is 0.459 e. The topological polar surface area (TPSA) is 205 Å². The number of thioether (sulfide) groups is 1. The van der Waals surface area contributed by atoms with Crippen LogP contribution < -0.4 is 4.74 Å². The molecule has 0 aliphatic carbocycles. The Hall–Kier alpha value is -1.49. The molecule has 2 aliphatic heterocycles. The van der Waals surface area contributed by atoms with Crippen molar-refractivity contribution in [3.8, 4) is 5.75 Å². The molecule has 10 atom stereocenters. The first-order valence-electron chi connectivity index (χ1n) is 10.3. The van der Waals surface area contributed by atoms with Crippen LogP contribution in [-0.4, -0.2) is 120 Å². The van der Waals surface area contributed by atoms with Gasteiger partial charge in [0.25, 0.3) is 0 Å². The summed E-state index contributed by atoms with van der Waals surface area (Å²) >= 11 is 0.914. The van der Waals surface area contributed by atoms with Gasteiger partial charge < -0.3 is 60.0 Å². The zero-order chi connectivity index (χ0) is 23.9. The molecule has 1 aromatic heterocycles. The van der Waals surface area contributed by atoms with Crippen LogP contribution in [0.15, 0.2) is 29.3 Å². The highest BCUT2D eigenvalue weighted by Gasteiger charge is 2.46. The van der Waals surface area contributed by atoms with E-state index in [0.29, 0.717) is 15.9 Å². The molecule has 12 nitrogen and oxygen atoms in total. The van der Waals surface area contributed by atoms with Crippen LogP contribution in [0.1, 0.15) is 0 Å². The van der Waals surface area contributed by atoms with Gasteiger partial charge in [0.2, 0.25) is 6.29 Å². The zero-order valence-corrected chi connectivity index (χ0v) is 18.0. The van der Waals surface area contributed by atoms with Crippen molar-refractivity contribution in [3.63, 3.8) is 0 Å². The summed E-state index contributed by atoms with van der Waals surface area (Å²) in [5.74, 6) is 0.164. The van der Waals surface area contributed by atoms with E-state index in [1.54, 1.807) is 24.3 Å². The van der Waals surface area contributed by atoms with Gasteiger partial charge in [-0.25, -0.2) is 0 Å². The Balaban J connectivity index is 1.64. The number of para-hydroxylation sites is 1. The molecular weight excluding hydrogens is 462 g/mol. The first-order chi connectivity index (χ1) is 15.8. The van der Waals surface area contributed by atoms with E-state index >= 15 is 0 Å². The molecule has 0 amide bonds. The number of H-pyrrole nitrogens is 1. The third-order valence-electron chi connectivity index (χ3n) is 5.79. The Labute approximate surface area is 192 Å². The molecule has 184 valence electrons. The molecule has 1 aromatic carbocycles. The van der Waals surface area contributed by atoms with Gasteiger partial charge in [0, 0.05) is 5.39 Å². The molecule has 6 unspecified atom stereocenters. The van der Waals surface area contributed by atoms with Crippen LogP contribution in [0.5, 0.6) is 5.75 Å². The third kappa shape index (κ3) is 4.59. The van der Waals surface area contributed by atoms with E-state index in [2.05, 4.69) is 4.98 Å². The average molecular weight is 489 g/mol. The van der Waals surface area contributed by atoms with Crippen LogP contribution in [0.4, 0.5) is 0 Å². The molecule has 2 fully saturated rings. The van der Waals surface area contributed by atoms with E-state index in [-0.39, 0.29) is 5.75 Å². The lowest BCUT2D eigenvalue weighted by molar-refractivity contribution is -0.277. The second kappa shape index (κ2) is 10.0. The monoisotopic (exact) mass is 489 g/mol. The number of ether oxygens (including phenoxy) is 3. The molecule has 2 aromatic rings. The highest BCUT2D eigenvalue weighted by molar-refractivity contribution is 7.99. The van der Waals surface area contributed by atoms with Gasteiger partial charge in [0.1, 0.15) is 59.3 Å². The first kappa shape index (κ1) is 24.6. The molecule has 2 saturated heterocycles. The number of nitrogens with one attached hydrogen (secondary N) is 1. The van der Waals surface area contributed by atoms with Crippen LogP contribution in [0.2, 0.25) is 0 Å². The van der Waals surface area contributed by atoms with Crippen LogP contribution >= 0.6 is 11.8 Å². The lowest BCUT2D eigenvalue weighted by Gasteiger charge is -2.40. The second-order valence-corrected chi connectivity index (χ2v) is 9.07. The molecule has 13 heteroatoms. The van der Waals surface area contributed by atoms with Crippen molar-refractivity contribution in [2.24, 2.45) is 0 Å². The van der Waals surface area contributed by atoms with Crippen molar-refractivity contribution in [1.82, 2.24) is 4.98 Å². The van der Waals surface area contributed by atoms with Gasteiger partial charge in [0.15, 0.2) is 5.75 Å². The van der Waals surface area contributed by atoms with Gasteiger partial charge in [-0.15, -0.1) is 0 Å². The maximum absolute atomic E-state index is 10.4. The van der Waals surface area contributed by atoms with Gasteiger partial charge >= 0.3 is 0 Å². The molecule has 0 saturated carbocycles. The smallest absolute Gasteiger partial charge is 0.229 e. The quantitative estimate of drug-likeness (QED) is 0.202. The summed E-state index contributed by atoms with van der Waals surface area (Å²) in [7, 11) is 0. The first-order valence-corrected chi connectivity index (χ1v) is 11.2. The third-order valence-corrected chi connectivity index (χ3v) is 6.94. The predicted octanol–water partition coefficient (Wildman–Crippen LogP) is -2.76. The number of aromatic amines is 1. The number of hydrogen-bond acceptors (Lipinski definition) is 12. The standard InChI is InChI=1S/C20H27NO11S/c22-5-9-11(24)13(26)15(28)19(30-9)32-17-7-3-1-2-4-8(7)21-18(17)33-20-16(29)14(27)12(25)10(6-23)31-20/h1-4,9-16,19-29H,5-6H2/t9?,10?,11-,12-,13?,14?,15?,16?,19+,20+/m1/s1. The minimum atomic E-state index is -1.64. The number of rotatable bonds is 6. The number of aliphatic hydroxyl groups excluding tert-OH is 8. The van der Waals surface area contributed by atoms with Gasteiger partial charge in [-0.05, 0) is 12.1 Å². The summed E-state index contributed by atoms with van der Waals surface area (Å²) in [5, 5.41) is 80.6. The Morgan fingerprint density at radius 3 is 2.06 bits per heavy atom. The molecule has 4 rings (SSSR count). The molecule has 3 heterocycles. The minimum Gasteiger partial charge on any atom is -0.459 e. The molecule has 33 heavy (non-hydrogen) atoms. The van der Waals surface area contributed by atoms with Gasteiger partial charge in [-0.3, -0.25) is 0 Å². The highest BCUT2D eigenvalue weighted by atomic mass is 32.2. The summed E-state index contributed by atoms with van der Waals surface area (Å²) < 4.78 is 16.9. The van der Waals surface area contributed by atoms with Gasteiger partial charge in [0.05, 0.1) is 18.7 Å². The SMILES string of the molecule is OCC1O[C@@H](Oc2c(S[C@@H]3OC(CO)[C@@H](O)C(O)C3O)[nH]c3ccccc23)C(O)C(O)[C@@H]1O. The van der Waals surface area contributed by atoms with Crippen LogP contribution in [0.25, 0.3) is 10.9 Å². The van der Waals surface area contributed by atoms with Crippen molar-refractivity contribution < 1.29 is 55.1 Å². The molecule has 0 spiro atoms. The predicted molar refractivity (Wildman–Crippen MR) is 112 cm³/mol. The summed E-state index contributed by atoms with van der Waals surface area (Å²) in [6.45, 7) is -1.20. The summed E-state index contributed by atoms with van der Waals surface area (Å²) in [4.78, 5) is 3.08. The fourth-order valence-corrected chi connectivity index (χ4v) is 5.02. The highest BCUT2D eigenvalue weighted by Crippen LogP contribution is 2.42. The summed E-state index contributed by atoms with van der Waals surface area (Å²) in [5.41, 5.74) is -0.491. The molecular formula is C20H27NO11S. The average Bonchev–Trinajstić information content (AvgIpc) is 3.16. The van der Waals surface area contributed by atoms with Crippen molar-refractivity contribution in [1.29, 1.82) is 0 Å². The lowest BCUT2D eigenvalue weighted by Crippen LogP contribution is -2.60. The molecule has 2 aliphatic rings. The van der Waals surface area contributed by atoms with Crippen molar-refractivity contribution in [2.75, 3.05) is 13.2 Å². The van der Waals surface area contributed by atoms with Crippen LogP contribution in [0, 0.1) is 0 Å². The fourth-order valence-electron chi connectivity index (χ4n) is 3.85. The second-order valence-electron chi connectivity index (χ2n) is 7.96. The number of hydrogen-bond donors (Lipinski definition) is 9. The summed E-state index contributed by atoms with van der Waals surface area (Å²) in [6, 6.07) is 6.95. The van der Waals surface area contributed by atoms with E-state index in [4.69, 9.17) is 14.2 Å². The maximum Gasteiger partial charge on any atom is 0.229 e. The molecule has 0 bridgehead atoms. The minimum absolute atomic E-state index is 0.164. The van der Waals surface area contributed by atoms with Crippen molar-refractivity contribution >= 4 is 22.7 Å². The number of aromatic nitrogens is 1. The van der Waals surface area contributed by atoms with E-state index in [1.807, 2.05) is 0 Å². The number of benzene rings is 1. The van der Waals surface area contributed by atoms with Gasteiger partial charge in [-0.2, -0.15) is 0 Å². The van der Waals surface area contributed by atoms with Crippen molar-refractivity contribution in [3.05, 3.63) is 24.3 Å². The van der Waals surface area contributed by atoms with Crippen molar-refractivity contribution in [2.45, 2.75) is 65.6 Å². The fraction of sp³-hybridized carbons (Fsp3) is 0.600. The molecule has 0 radical (unpaired) electrons. The van der Waals surface area contributed by atoms with Crippen LogP contribution in [-0.2, 0) is 9.47 Å². The Kier molecular flexibility index (Phi) is 7.47. The number of fused-ring (bicyclic) bond motifs is 1. The normalized spacial score (nSPS) is 39.6. The summed E-state index contributed by atoms with van der Waals surface area (Å²) in [6.07, 6.45) is -13.1. The van der Waals surface area contributed by atoms with E-state index in [9.17, 15) is 40.9 Å². The Morgan fingerprint density at radius 2 is 1.39 bits per heavy atom. The van der Waals surface area contributed by atoms with Crippen LogP contribution in [0.3, 0.4) is 0 Å². The molecule has 9 N–H and O–H groups in total. The van der Waals surface area contributed by atoms with E-state index in [0.717, 1.165) is 11.8 Å². The van der Waals surface area contributed by atoms with E-state index < -0.39 is 73.8 Å². The Bertz CT molecular complexity index is 940. The lowest BCUT2D eigenvalue weighted by atomic mass is 9.99. The Morgan fingerprint density at radius 1 is 0.788 bits per heavy atom. The van der Waals surface area contributed by atoms with Gasteiger partial charge in [-0.1, -0.05) is 23.9 Å². The zero-order valence-electron chi connectivity index (χ0n) is 17.2.